The van der Waals surface area contributed by atoms with Crippen LogP contribution in [0.15, 0.2) is 66.7 Å². The van der Waals surface area contributed by atoms with Crippen molar-refractivity contribution >= 4 is 22.7 Å². The number of nitrogens with zero attached hydrogens (tertiary/aromatic N) is 2. The summed E-state index contributed by atoms with van der Waals surface area (Å²) in [7, 11) is 3.21. The molecule has 0 unspecified atom stereocenters. The summed E-state index contributed by atoms with van der Waals surface area (Å²) in [6.07, 6.45) is 0.454. The number of methoxy groups -OCH3 is 2. The lowest BCUT2D eigenvalue weighted by molar-refractivity contribution is -0.166. The summed E-state index contributed by atoms with van der Waals surface area (Å²) in [6, 6.07) is 20.0. The van der Waals surface area contributed by atoms with Gasteiger partial charge in [-0.2, -0.15) is 0 Å². The van der Waals surface area contributed by atoms with E-state index in [9.17, 15) is 14.0 Å². The zero-order chi connectivity index (χ0) is 27.3. The average molecular weight is 528 g/mol. The number of hydrogen-bond donors (Lipinski definition) is 1. The van der Waals surface area contributed by atoms with Crippen molar-refractivity contribution in [2.24, 2.45) is 0 Å². The van der Waals surface area contributed by atoms with Crippen LogP contribution in [0.1, 0.15) is 35.2 Å². The molecule has 0 spiro atoms. The first-order chi connectivity index (χ1) is 18.9. The Balaban J connectivity index is 1.47. The minimum absolute atomic E-state index is 0.0265. The summed E-state index contributed by atoms with van der Waals surface area (Å²) in [5, 5.41) is 1.00. The second kappa shape index (κ2) is 9.45. The Kier molecular flexibility index (Phi) is 6.05. The van der Waals surface area contributed by atoms with Gasteiger partial charge in [0.1, 0.15) is 5.82 Å². The number of amides is 2. The van der Waals surface area contributed by atoms with Crippen LogP contribution in [0, 0.1) is 5.82 Å². The number of aromatic amines is 1. The second-order valence-corrected chi connectivity index (χ2v) is 10.3. The van der Waals surface area contributed by atoms with Gasteiger partial charge in [-0.15, -0.1) is 0 Å². The van der Waals surface area contributed by atoms with Crippen molar-refractivity contribution in [2.75, 3.05) is 33.9 Å². The molecule has 7 nitrogen and oxygen atoms in total. The van der Waals surface area contributed by atoms with Crippen LogP contribution in [0.25, 0.3) is 10.9 Å². The molecule has 2 aliphatic rings. The van der Waals surface area contributed by atoms with Crippen LogP contribution >= 0.6 is 0 Å². The first kappa shape index (κ1) is 25.0. The van der Waals surface area contributed by atoms with E-state index in [-0.39, 0.29) is 30.1 Å². The fourth-order valence-electron chi connectivity index (χ4n) is 6.28. The van der Waals surface area contributed by atoms with Crippen molar-refractivity contribution in [3.63, 3.8) is 0 Å². The Morgan fingerprint density at radius 1 is 1.03 bits per heavy atom. The smallest absolute Gasteiger partial charge is 0.254 e. The van der Waals surface area contributed by atoms with E-state index in [4.69, 9.17) is 9.47 Å². The van der Waals surface area contributed by atoms with Crippen molar-refractivity contribution < 1.29 is 23.5 Å². The number of carbonyl (C=O) groups is 2. The Morgan fingerprint density at radius 3 is 2.59 bits per heavy atom. The molecule has 2 amide bonds. The lowest BCUT2D eigenvalue weighted by atomic mass is 9.76. The summed E-state index contributed by atoms with van der Waals surface area (Å²) in [4.78, 5) is 34.8. The van der Waals surface area contributed by atoms with Gasteiger partial charge in [-0.3, -0.25) is 9.59 Å². The molecule has 8 heteroatoms. The maximum Gasteiger partial charge on any atom is 0.254 e. The molecule has 1 fully saturated rings. The molecule has 200 valence electrons. The van der Waals surface area contributed by atoms with Crippen LogP contribution in [0.5, 0.6) is 11.5 Å². The normalized spacial score (nSPS) is 20.7. The Labute approximate surface area is 226 Å². The summed E-state index contributed by atoms with van der Waals surface area (Å²) in [5.41, 5.74) is 3.03. The van der Waals surface area contributed by atoms with Crippen LogP contribution in [-0.2, 0) is 21.5 Å². The van der Waals surface area contributed by atoms with Crippen LogP contribution in [0.3, 0.4) is 0 Å². The van der Waals surface area contributed by atoms with Gasteiger partial charge >= 0.3 is 0 Å². The molecule has 1 N–H and O–H groups in total. The largest absolute Gasteiger partial charge is 0.493 e. The summed E-state index contributed by atoms with van der Waals surface area (Å²) in [5.74, 6) is 0.368. The molecule has 4 aromatic rings. The number of rotatable bonds is 6. The molecule has 0 radical (unpaired) electrons. The summed E-state index contributed by atoms with van der Waals surface area (Å²) < 4.78 is 25.1. The molecule has 2 atom stereocenters. The van der Waals surface area contributed by atoms with Crippen molar-refractivity contribution in [3.8, 4) is 11.5 Å². The van der Waals surface area contributed by atoms with E-state index in [0.717, 1.165) is 27.6 Å². The van der Waals surface area contributed by atoms with E-state index < -0.39 is 5.54 Å². The molecule has 0 aliphatic carbocycles. The summed E-state index contributed by atoms with van der Waals surface area (Å²) in [6.45, 7) is 2.44. The summed E-state index contributed by atoms with van der Waals surface area (Å²) >= 11 is 0. The SMILES string of the molecule is COc1cccc([C@H]2CN3C(=O)CN(CCc4cccc(F)c4)C(=O)[C@]3(C)c3[nH]c4ccccc4c32)c1OC. The predicted molar refractivity (Wildman–Crippen MR) is 145 cm³/mol. The number of para-hydroxylation sites is 2. The van der Waals surface area contributed by atoms with Gasteiger partial charge in [-0.05, 0) is 48.7 Å². The minimum atomic E-state index is -1.21. The predicted octanol–water partition coefficient (Wildman–Crippen LogP) is 4.60. The number of H-pyrrole nitrogens is 1. The number of benzene rings is 3. The topological polar surface area (TPSA) is 74.9 Å². The van der Waals surface area contributed by atoms with E-state index in [0.29, 0.717) is 36.7 Å². The number of fused-ring (bicyclic) bond motifs is 5. The van der Waals surface area contributed by atoms with E-state index in [1.165, 1.54) is 12.1 Å². The Bertz CT molecular complexity index is 1600. The molecule has 2 aliphatic heterocycles. The molecule has 1 aromatic heterocycles. The van der Waals surface area contributed by atoms with Crippen molar-refractivity contribution in [3.05, 3.63) is 94.9 Å². The first-order valence-corrected chi connectivity index (χ1v) is 13.0. The van der Waals surface area contributed by atoms with Gasteiger partial charge in [-0.1, -0.05) is 42.5 Å². The number of halogens is 1. The van der Waals surface area contributed by atoms with E-state index in [1.807, 2.05) is 55.5 Å². The molecule has 1 saturated heterocycles. The van der Waals surface area contributed by atoms with Gasteiger partial charge in [0.2, 0.25) is 5.91 Å². The monoisotopic (exact) mass is 527 g/mol. The average Bonchev–Trinajstić information content (AvgIpc) is 3.35. The number of carbonyl (C=O) groups excluding carboxylic acids is 2. The maximum absolute atomic E-state index is 14.2. The zero-order valence-electron chi connectivity index (χ0n) is 22.2. The van der Waals surface area contributed by atoms with E-state index in [1.54, 1.807) is 30.1 Å². The third kappa shape index (κ3) is 3.85. The van der Waals surface area contributed by atoms with Gasteiger partial charge < -0.3 is 24.3 Å². The highest BCUT2D eigenvalue weighted by atomic mass is 19.1. The van der Waals surface area contributed by atoms with E-state index >= 15 is 0 Å². The number of hydrogen-bond acceptors (Lipinski definition) is 4. The number of ether oxygens (including phenoxy) is 2. The maximum atomic E-state index is 14.2. The first-order valence-electron chi connectivity index (χ1n) is 13.0. The van der Waals surface area contributed by atoms with Crippen LogP contribution in [0.2, 0.25) is 0 Å². The van der Waals surface area contributed by atoms with Crippen molar-refractivity contribution in [2.45, 2.75) is 24.8 Å². The van der Waals surface area contributed by atoms with Gasteiger partial charge in [0.25, 0.3) is 5.91 Å². The number of piperazine rings is 1. The molecule has 3 heterocycles. The molecule has 6 rings (SSSR count). The van der Waals surface area contributed by atoms with Crippen LogP contribution in [0.4, 0.5) is 4.39 Å². The van der Waals surface area contributed by atoms with Gasteiger partial charge in [-0.25, -0.2) is 4.39 Å². The highest BCUT2D eigenvalue weighted by molar-refractivity contribution is 6.01. The van der Waals surface area contributed by atoms with Crippen LogP contribution in [-0.4, -0.2) is 60.5 Å². The lowest BCUT2D eigenvalue weighted by Gasteiger charge is -2.51. The molecular formula is C31H30FN3O4. The zero-order valence-corrected chi connectivity index (χ0v) is 22.2. The van der Waals surface area contributed by atoms with Crippen molar-refractivity contribution in [1.29, 1.82) is 0 Å². The highest BCUT2D eigenvalue weighted by Gasteiger charge is 2.56. The molecule has 39 heavy (non-hydrogen) atoms. The molecular weight excluding hydrogens is 497 g/mol. The standard InChI is InChI=1S/C31H30FN3O4/c1-31-29-27(22-10-4-5-12-24(22)33-29)23(21-11-7-13-25(38-2)28(21)39-3)17-35(31)26(36)18-34(30(31)37)15-14-19-8-6-9-20(32)16-19/h4-13,16,23,33H,14-15,17-18H2,1-3H3/t23-,31+/m1/s1. The van der Waals surface area contributed by atoms with Gasteiger partial charge in [0.05, 0.1) is 26.5 Å². The number of aromatic nitrogens is 1. The molecule has 3 aromatic carbocycles. The third-order valence-electron chi connectivity index (χ3n) is 8.19. The molecule has 0 bridgehead atoms. The second-order valence-electron chi connectivity index (χ2n) is 10.3. The third-order valence-corrected chi connectivity index (χ3v) is 8.19. The fraction of sp³-hybridized carbons (Fsp3) is 0.290. The Morgan fingerprint density at radius 2 is 1.82 bits per heavy atom. The minimum Gasteiger partial charge on any atom is -0.493 e. The van der Waals surface area contributed by atoms with Gasteiger partial charge in [0, 0.05) is 35.5 Å². The van der Waals surface area contributed by atoms with E-state index in [2.05, 4.69) is 4.98 Å². The highest BCUT2D eigenvalue weighted by Crippen LogP contribution is 2.50. The van der Waals surface area contributed by atoms with Gasteiger partial charge in [0.15, 0.2) is 17.0 Å². The van der Waals surface area contributed by atoms with Crippen LogP contribution < -0.4 is 9.47 Å². The number of nitrogens with one attached hydrogen (secondary N) is 1. The lowest BCUT2D eigenvalue weighted by Crippen LogP contribution is -2.67. The quantitative estimate of drug-likeness (QED) is 0.398. The van der Waals surface area contributed by atoms with Crippen molar-refractivity contribution in [1.82, 2.24) is 14.8 Å². The fourth-order valence-corrected chi connectivity index (χ4v) is 6.28. The Hall–Kier alpha value is -4.33. The molecule has 0 saturated carbocycles.